The number of aromatic nitrogens is 1. The summed E-state index contributed by atoms with van der Waals surface area (Å²) in [6.07, 6.45) is 1.81. The van der Waals surface area contributed by atoms with Crippen molar-refractivity contribution in [1.82, 2.24) is 4.98 Å². The summed E-state index contributed by atoms with van der Waals surface area (Å²) in [7, 11) is 0. The minimum atomic E-state index is 0.913. The Labute approximate surface area is 98.0 Å². The van der Waals surface area contributed by atoms with Gasteiger partial charge in [0.25, 0.3) is 0 Å². The van der Waals surface area contributed by atoms with Crippen LogP contribution < -0.4 is 5.32 Å². The number of nitrogens with one attached hydrogen (secondary N) is 1. The van der Waals surface area contributed by atoms with E-state index in [1.54, 1.807) is 11.8 Å². The molecule has 0 unspecified atom stereocenters. The van der Waals surface area contributed by atoms with Gasteiger partial charge in [-0.15, -0.1) is 0 Å². The molecule has 0 amide bonds. The molecule has 1 aromatic heterocycles. The first kappa shape index (κ1) is 9.66. The maximum Gasteiger partial charge on any atom is 0.161 e. The average Bonchev–Trinajstić information content (AvgIpc) is 2.82. The summed E-state index contributed by atoms with van der Waals surface area (Å²) in [6.45, 7) is 0.913. The van der Waals surface area contributed by atoms with Gasteiger partial charge < -0.3 is 5.32 Å². The molecule has 0 radical (unpaired) electrons. The smallest absolute Gasteiger partial charge is 0.161 e. The number of thioether (sulfide) groups is 1. The Morgan fingerprint density at radius 2 is 2.19 bits per heavy atom. The van der Waals surface area contributed by atoms with E-state index >= 15 is 0 Å². The molecule has 0 aliphatic carbocycles. The van der Waals surface area contributed by atoms with Crippen LogP contribution in [-0.4, -0.2) is 22.4 Å². The largest absolute Gasteiger partial charge is 0.334 e. The maximum atomic E-state index is 4.39. The van der Waals surface area contributed by atoms with E-state index in [1.807, 2.05) is 24.4 Å². The van der Waals surface area contributed by atoms with E-state index in [4.69, 9.17) is 0 Å². The number of hydrogen-bond acceptors (Lipinski definition) is 4. The number of benzene rings is 1. The average molecular weight is 229 g/mol. The van der Waals surface area contributed by atoms with Crippen molar-refractivity contribution in [3.8, 4) is 0 Å². The van der Waals surface area contributed by atoms with E-state index in [0.29, 0.717) is 0 Å². The standard InChI is InChI=1S/C12H11N3S/c1-4-10-9(3-2-6-13-10)11(5-1)15-12-14-7-8-16-12/h1-6H,7-8H2,(H,14,15). The Balaban J connectivity index is 2.02. The molecule has 0 spiro atoms. The highest BCUT2D eigenvalue weighted by Crippen LogP contribution is 2.23. The van der Waals surface area contributed by atoms with Crippen LogP contribution in [0.15, 0.2) is 41.5 Å². The summed E-state index contributed by atoms with van der Waals surface area (Å²) in [5.41, 5.74) is 2.09. The fourth-order valence-corrected chi connectivity index (χ4v) is 2.48. The molecule has 3 rings (SSSR count). The van der Waals surface area contributed by atoms with Crippen molar-refractivity contribution >= 4 is 33.5 Å². The van der Waals surface area contributed by atoms with E-state index in [1.165, 1.54) is 0 Å². The summed E-state index contributed by atoms with van der Waals surface area (Å²) in [6, 6.07) is 10.1. The summed E-state index contributed by atoms with van der Waals surface area (Å²) >= 11 is 1.76. The van der Waals surface area contributed by atoms with Crippen molar-refractivity contribution in [1.29, 1.82) is 0 Å². The molecule has 3 nitrogen and oxygen atoms in total. The van der Waals surface area contributed by atoms with Crippen LogP contribution in [0.5, 0.6) is 0 Å². The lowest BCUT2D eigenvalue weighted by Crippen LogP contribution is -2.05. The lowest BCUT2D eigenvalue weighted by atomic mass is 10.2. The minimum Gasteiger partial charge on any atom is -0.334 e. The van der Waals surface area contributed by atoms with Crippen LogP contribution in [0.2, 0.25) is 0 Å². The van der Waals surface area contributed by atoms with Gasteiger partial charge in [0.2, 0.25) is 0 Å². The normalized spacial score (nSPS) is 15.1. The molecule has 1 aromatic carbocycles. The van der Waals surface area contributed by atoms with Gasteiger partial charge in [0.05, 0.1) is 12.1 Å². The molecule has 2 heterocycles. The fraction of sp³-hybridized carbons (Fsp3) is 0.167. The molecule has 0 saturated heterocycles. The van der Waals surface area contributed by atoms with Gasteiger partial charge in [0, 0.05) is 23.0 Å². The summed E-state index contributed by atoms with van der Waals surface area (Å²) < 4.78 is 0. The molecule has 0 fully saturated rings. The molecule has 16 heavy (non-hydrogen) atoms. The summed E-state index contributed by atoms with van der Waals surface area (Å²) in [4.78, 5) is 8.72. The molecule has 0 saturated carbocycles. The fourth-order valence-electron chi connectivity index (χ4n) is 1.74. The Kier molecular flexibility index (Phi) is 2.50. The first-order chi connectivity index (χ1) is 7.93. The van der Waals surface area contributed by atoms with Crippen LogP contribution in [0.25, 0.3) is 10.9 Å². The third-order valence-corrected chi connectivity index (χ3v) is 3.36. The number of anilines is 1. The van der Waals surface area contributed by atoms with Gasteiger partial charge in [0.1, 0.15) is 0 Å². The quantitative estimate of drug-likeness (QED) is 0.817. The van der Waals surface area contributed by atoms with Gasteiger partial charge in [-0.1, -0.05) is 17.8 Å². The van der Waals surface area contributed by atoms with Crippen molar-refractivity contribution in [2.45, 2.75) is 0 Å². The van der Waals surface area contributed by atoms with E-state index in [2.05, 4.69) is 27.4 Å². The number of rotatable bonds is 1. The molecule has 0 bridgehead atoms. The second kappa shape index (κ2) is 4.14. The Hall–Kier alpha value is -1.55. The molecule has 1 aliphatic heterocycles. The van der Waals surface area contributed by atoms with E-state index in [-0.39, 0.29) is 0 Å². The third-order valence-electron chi connectivity index (χ3n) is 2.47. The molecule has 2 aromatic rings. The van der Waals surface area contributed by atoms with Crippen LogP contribution in [0.1, 0.15) is 0 Å². The summed E-state index contributed by atoms with van der Waals surface area (Å²) in [5.74, 6) is 1.07. The number of hydrogen-bond donors (Lipinski definition) is 1. The van der Waals surface area contributed by atoms with Crippen molar-refractivity contribution < 1.29 is 0 Å². The van der Waals surface area contributed by atoms with Crippen molar-refractivity contribution in [2.24, 2.45) is 4.99 Å². The first-order valence-corrected chi connectivity index (χ1v) is 6.20. The molecule has 80 valence electrons. The highest BCUT2D eigenvalue weighted by Gasteiger charge is 2.08. The maximum absolute atomic E-state index is 4.39. The Bertz CT molecular complexity index is 545. The minimum absolute atomic E-state index is 0.913. The molecule has 4 heteroatoms. The zero-order chi connectivity index (χ0) is 10.8. The second-order valence-electron chi connectivity index (χ2n) is 3.54. The number of pyridine rings is 1. The van der Waals surface area contributed by atoms with Gasteiger partial charge in [-0.2, -0.15) is 0 Å². The topological polar surface area (TPSA) is 37.3 Å². The van der Waals surface area contributed by atoms with Gasteiger partial charge >= 0.3 is 0 Å². The van der Waals surface area contributed by atoms with Gasteiger partial charge in [0.15, 0.2) is 5.17 Å². The highest BCUT2D eigenvalue weighted by molar-refractivity contribution is 8.14. The Morgan fingerprint density at radius 1 is 1.19 bits per heavy atom. The second-order valence-corrected chi connectivity index (χ2v) is 4.62. The van der Waals surface area contributed by atoms with Crippen molar-refractivity contribution in [2.75, 3.05) is 17.6 Å². The lowest BCUT2D eigenvalue weighted by Gasteiger charge is -2.07. The van der Waals surface area contributed by atoms with Crippen LogP contribution in [0.3, 0.4) is 0 Å². The number of aliphatic imine (C=N–C) groups is 1. The lowest BCUT2D eigenvalue weighted by molar-refractivity contribution is 1.17. The number of fused-ring (bicyclic) bond motifs is 1. The number of amidine groups is 1. The molecular weight excluding hydrogens is 218 g/mol. The predicted molar refractivity (Wildman–Crippen MR) is 70.1 cm³/mol. The van der Waals surface area contributed by atoms with Crippen molar-refractivity contribution in [3.63, 3.8) is 0 Å². The molecule has 1 aliphatic rings. The third kappa shape index (κ3) is 1.76. The van der Waals surface area contributed by atoms with E-state index in [9.17, 15) is 0 Å². The SMILES string of the molecule is c1cc(NC2=NCCS2)c2cccnc2c1. The van der Waals surface area contributed by atoms with Crippen LogP contribution >= 0.6 is 11.8 Å². The van der Waals surface area contributed by atoms with Gasteiger partial charge in [-0.25, -0.2) is 0 Å². The molecule has 1 N–H and O–H groups in total. The Morgan fingerprint density at radius 3 is 3.06 bits per heavy atom. The van der Waals surface area contributed by atoms with E-state index in [0.717, 1.165) is 34.1 Å². The van der Waals surface area contributed by atoms with Crippen molar-refractivity contribution in [3.05, 3.63) is 36.5 Å². The van der Waals surface area contributed by atoms with Crippen LogP contribution in [-0.2, 0) is 0 Å². The zero-order valence-electron chi connectivity index (χ0n) is 8.68. The first-order valence-electron chi connectivity index (χ1n) is 5.21. The highest BCUT2D eigenvalue weighted by atomic mass is 32.2. The number of nitrogens with zero attached hydrogens (tertiary/aromatic N) is 2. The van der Waals surface area contributed by atoms with Crippen LogP contribution in [0.4, 0.5) is 5.69 Å². The van der Waals surface area contributed by atoms with E-state index < -0.39 is 0 Å². The monoisotopic (exact) mass is 229 g/mol. The zero-order valence-corrected chi connectivity index (χ0v) is 9.50. The van der Waals surface area contributed by atoms with Gasteiger partial charge in [-0.05, 0) is 24.3 Å². The predicted octanol–water partition coefficient (Wildman–Crippen LogP) is 2.75. The molecule has 0 atom stereocenters. The van der Waals surface area contributed by atoms with Gasteiger partial charge in [-0.3, -0.25) is 9.98 Å². The molecular formula is C12H11N3S. The summed E-state index contributed by atoms with van der Waals surface area (Å²) in [5, 5.41) is 5.51. The van der Waals surface area contributed by atoms with Crippen LogP contribution in [0, 0.1) is 0 Å².